The van der Waals surface area contributed by atoms with Crippen molar-refractivity contribution < 1.29 is 19.0 Å². The second kappa shape index (κ2) is 10.4. The lowest BCUT2D eigenvalue weighted by molar-refractivity contribution is 0.176. The molecular weight excluding hydrogens is 349 g/mol. The maximum Gasteiger partial charge on any atom is 0.191 e. The number of guanidine groups is 1. The fraction of sp³-hybridized carbons (Fsp3) is 0.350. The molecule has 0 spiro atoms. The molecule has 2 aromatic rings. The van der Waals surface area contributed by atoms with E-state index < -0.39 is 6.10 Å². The Kier molecular flexibility index (Phi) is 7.88. The fourth-order valence-electron chi connectivity index (χ4n) is 2.51. The number of methoxy groups -OCH3 is 2. The molecule has 27 heavy (non-hydrogen) atoms. The standard InChI is InChI=1S/C20H26FN3O3/c1-4-22-20(23-12-14-5-7-15(21)8-6-14)24-13-18(25)17-11-16(26-2)9-10-19(17)27-3/h5-11,18,25H,4,12-13H2,1-3H3,(H2,22,23,24). The largest absolute Gasteiger partial charge is 0.497 e. The zero-order valence-electron chi connectivity index (χ0n) is 15.8. The predicted molar refractivity (Wildman–Crippen MR) is 104 cm³/mol. The van der Waals surface area contributed by atoms with Crippen molar-refractivity contribution in [3.8, 4) is 11.5 Å². The van der Waals surface area contributed by atoms with Gasteiger partial charge < -0.3 is 25.2 Å². The van der Waals surface area contributed by atoms with Gasteiger partial charge in [-0.15, -0.1) is 0 Å². The van der Waals surface area contributed by atoms with Gasteiger partial charge in [0.25, 0.3) is 0 Å². The Morgan fingerprint density at radius 3 is 2.48 bits per heavy atom. The number of aliphatic hydroxyl groups is 1. The highest BCUT2D eigenvalue weighted by atomic mass is 19.1. The average molecular weight is 375 g/mol. The predicted octanol–water partition coefficient (Wildman–Crippen LogP) is 2.63. The average Bonchev–Trinajstić information content (AvgIpc) is 2.70. The summed E-state index contributed by atoms with van der Waals surface area (Å²) in [4.78, 5) is 4.46. The van der Waals surface area contributed by atoms with Crippen LogP contribution in [0, 0.1) is 5.82 Å². The minimum atomic E-state index is -0.815. The fourth-order valence-corrected chi connectivity index (χ4v) is 2.51. The molecule has 0 saturated carbocycles. The Bertz CT molecular complexity index is 751. The first-order valence-electron chi connectivity index (χ1n) is 8.74. The molecule has 2 aromatic carbocycles. The van der Waals surface area contributed by atoms with Crippen molar-refractivity contribution in [2.45, 2.75) is 19.6 Å². The number of hydrogen-bond acceptors (Lipinski definition) is 4. The van der Waals surface area contributed by atoms with E-state index in [1.54, 1.807) is 44.6 Å². The van der Waals surface area contributed by atoms with E-state index in [1.807, 2.05) is 6.92 Å². The van der Waals surface area contributed by atoms with Crippen LogP contribution in [0.25, 0.3) is 0 Å². The van der Waals surface area contributed by atoms with Crippen molar-refractivity contribution in [2.75, 3.05) is 27.3 Å². The number of aliphatic hydroxyl groups excluding tert-OH is 1. The normalized spacial score (nSPS) is 12.4. The van der Waals surface area contributed by atoms with Crippen molar-refractivity contribution in [3.05, 3.63) is 59.4 Å². The summed E-state index contributed by atoms with van der Waals surface area (Å²) in [5, 5.41) is 16.8. The number of hydrogen-bond donors (Lipinski definition) is 3. The van der Waals surface area contributed by atoms with Crippen LogP contribution in [0.2, 0.25) is 0 Å². The number of ether oxygens (including phenoxy) is 2. The second-order valence-corrected chi connectivity index (χ2v) is 5.83. The van der Waals surface area contributed by atoms with Crippen LogP contribution >= 0.6 is 0 Å². The highest BCUT2D eigenvalue weighted by Gasteiger charge is 2.15. The zero-order chi connectivity index (χ0) is 19.6. The molecule has 0 amide bonds. The Balaban J connectivity index is 2.04. The van der Waals surface area contributed by atoms with Gasteiger partial charge in [-0.1, -0.05) is 12.1 Å². The van der Waals surface area contributed by atoms with E-state index in [2.05, 4.69) is 15.6 Å². The Morgan fingerprint density at radius 1 is 1.11 bits per heavy atom. The van der Waals surface area contributed by atoms with Crippen molar-refractivity contribution >= 4 is 5.96 Å². The van der Waals surface area contributed by atoms with E-state index in [9.17, 15) is 9.50 Å². The lowest BCUT2D eigenvalue weighted by Crippen LogP contribution is -2.39. The van der Waals surface area contributed by atoms with Gasteiger partial charge in [0.05, 0.1) is 26.9 Å². The third kappa shape index (κ3) is 6.14. The summed E-state index contributed by atoms with van der Waals surface area (Å²) in [6, 6.07) is 11.5. The molecule has 146 valence electrons. The molecule has 1 unspecified atom stereocenters. The number of nitrogens with zero attached hydrogens (tertiary/aromatic N) is 1. The van der Waals surface area contributed by atoms with Crippen LogP contribution in [0.5, 0.6) is 11.5 Å². The number of halogens is 1. The van der Waals surface area contributed by atoms with E-state index in [-0.39, 0.29) is 12.4 Å². The summed E-state index contributed by atoms with van der Waals surface area (Å²) in [6.07, 6.45) is -0.815. The van der Waals surface area contributed by atoms with Crippen LogP contribution in [0.3, 0.4) is 0 Å². The first-order chi connectivity index (χ1) is 13.1. The quantitative estimate of drug-likeness (QED) is 0.489. The van der Waals surface area contributed by atoms with Crippen LogP contribution in [0.1, 0.15) is 24.2 Å². The first-order valence-corrected chi connectivity index (χ1v) is 8.74. The van der Waals surface area contributed by atoms with Crippen LogP contribution < -0.4 is 20.1 Å². The van der Waals surface area contributed by atoms with Crippen molar-refractivity contribution in [1.82, 2.24) is 10.6 Å². The third-order valence-corrected chi connectivity index (χ3v) is 3.94. The molecule has 3 N–H and O–H groups in total. The highest BCUT2D eigenvalue weighted by Crippen LogP contribution is 2.29. The van der Waals surface area contributed by atoms with Crippen molar-refractivity contribution in [1.29, 1.82) is 0 Å². The van der Waals surface area contributed by atoms with Gasteiger partial charge in [0.2, 0.25) is 0 Å². The minimum Gasteiger partial charge on any atom is -0.497 e. The molecule has 2 rings (SSSR count). The maximum atomic E-state index is 13.0. The third-order valence-electron chi connectivity index (χ3n) is 3.94. The van der Waals surface area contributed by atoms with Crippen molar-refractivity contribution in [3.63, 3.8) is 0 Å². The molecule has 0 saturated heterocycles. The number of benzene rings is 2. The topological polar surface area (TPSA) is 75.1 Å². The van der Waals surface area contributed by atoms with E-state index in [4.69, 9.17) is 9.47 Å². The van der Waals surface area contributed by atoms with Crippen LogP contribution in [-0.2, 0) is 6.54 Å². The summed E-state index contributed by atoms with van der Waals surface area (Å²) >= 11 is 0. The van der Waals surface area contributed by atoms with E-state index in [1.165, 1.54) is 12.1 Å². The summed E-state index contributed by atoms with van der Waals surface area (Å²) in [7, 11) is 3.13. The van der Waals surface area contributed by atoms with Gasteiger partial charge in [-0.2, -0.15) is 0 Å². The minimum absolute atomic E-state index is 0.235. The Labute approximate surface area is 159 Å². The van der Waals surface area contributed by atoms with E-state index in [0.717, 1.165) is 5.56 Å². The molecule has 7 heteroatoms. The number of nitrogens with one attached hydrogen (secondary N) is 2. The van der Waals surface area contributed by atoms with E-state index >= 15 is 0 Å². The highest BCUT2D eigenvalue weighted by molar-refractivity contribution is 5.79. The SMILES string of the molecule is CCNC(=NCc1ccc(F)cc1)NCC(O)c1cc(OC)ccc1OC. The summed E-state index contributed by atoms with van der Waals surface area (Å²) in [5.74, 6) is 1.51. The molecule has 0 bridgehead atoms. The van der Waals surface area contributed by atoms with Gasteiger partial charge in [0, 0.05) is 18.7 Å². The summed E-state index contributed by atoms with van der Waals surface area (Å²) < 4.78 is 23.5. The van der Waals surface area contributed by atoms with Gasteiger partial charge >= 0.3 is 0 Å². The first kappa shape index (κ1) is 20.5. The molecule has 0 aliphatic rings. The van der Waals surface area contributed by atoms with Crippen LogP contribution in [0.15, 0.2) is 47.5 Å². The molecule has 0 aliphatic heterocycles. The molecule has 0 fully saturated rings. The molecule has 0 heterocycles. The molecular formula is C20H26FN3O3. The van der Waals surface area contributed by atoms with Gasteiger partial charge in [0.1, 0.15) is 17.3 Å². The number of rotatable bonds is 8. The molecule has 0 aromatic heterocycles. The lowest BCUT2D eigenvalue weighted by atomic mass is 10.1. The number of aliphatic imine (C=N–C) groups is 1. The smallest absolute Gasteiger partial charge is 0.191 e. The van der Waals surface area contributed by atoms with Gasteiger partial charge in [0.15, 0.2) is 5.96 Å². The van der Waals surface area contributed by atoms with Crippen LogP contribution in [0.4, 0.5) is 4.39 Å². The van der Waals surface area contributed by atoms with Crippen LogP contribution in [-0.4, -0.2) is 38.4 Å². The Morgan fingerprint density at radius 2 is 1.85 bits per heavy atom. The summed E-state index contributed by atoms with van der Waals surface area (Å²) in [6.45, 7) is 3.26. The summed E-state index contributed by atoms with van der Waals surface area (Å²) in [5.41, 5.74) is 1.52. The van der Waals surface area contributed by atoms with Gasteiger partial charge in [-0.25, -0.2) is 9.38 Å². The lowest BCUT2D eigenvalue weighted by Gasteiger charge is -2.18. The second-order valence-electron chi connectivity index (χ2n) is 5.83. The zero-order valence-corrected chi connectivity index (χ0v) is 15.8. The molecule has 6 nitrogen and oxygen atoms in total. The van der Waals surface area contributed by atoms with Crippen molar-refractivity contribution in [2.24, 2.45) is 4.99 Å². The Hall–Kier alpha value is -2.80. The maximum absolute atomic E-state index is 13.0. The van der Waals surface area contributed by atoms with E-state index in [0.29, 0.717) is 36.1 Å². The molecule has 0 radical (unpaired) electrons. The van der Waals surface area contributed by atoms with Gasteiger partial charge in [-0.3, -0.25) is 0 Å². The molecule has 1 atom stereocenters. The van der Waals surface area contributed by atoms with Gasteiger partial charge in [-0.05, 0) is 42.8 Å². The molecule has 0 aliphatic carbocycles. The monoisotopic (exact) mass is 375 g/mol.